The average molecular weight is 226 g/mol. The Balaban J connectivity index is 2.99. The highest BCUT2D eigenvalue weighted by Crippen LogP contribution is 2.37. The fourth-order valence-corrected chi connectivity index (χ4v) is 2.19. The topological polar surface area (TPSA) is 26.0 Å². The Bertz CT molecular complexity index is 315. The molecule has 0 fully saturated rings. The summed E-state index contributed by atoms with van der Waals surface area (Å²) in [5.41, 5.74) is 7.19. The third-order valence-corrected chi connectivity index (χ3v) is 2.99. The largest absolute Gasteiger partial charge is 0.330 e. The average Bonchev–Trinajstić information content (AvgIpc) is 2.12. The van der Waals surface area contributed by atoms with Crippen molar-refractivity contribution >= 4 is 11.6 Å². The zero-order valence-electron chi connectivity index (χ0n) is 9.76. The monoisotopic (exact) mass is 225 g/mol. The second-order valence-electron chi connectivity index (χ2n) is 5.05. The quantitative estimate of drug-likeness (QED) is 0.832. The molecule has 2 heteroatoms. The van der Waals surface area contributed by atoms with Gasteiger partial charge in [0.05, 0.1) is 0 Å². The third-order valence-electron chi connectivity index (χ3n) is 2.75. The highest BCUT2D eigenvalue weighted by Gasteiger charge is 2.25. The molecule has 0 aromatic heterocycles. The summed E-state index contributed by atoms with van der Waals surface area (Å²) in [4.78, 5) is 0. The number of hydrogen-bond acceptors (Lipinski definition) is 1. The zero-order valence-corrected chi connectivity index (χ0v) is 10.5. The van der Waals surface area contributed by atoms with E-state index in [1.807, 2.05) is 18.2 Å². The summed E-state index contributed by atoms with van der Waals surface area (Å²) in [7, 11) is 0. The van der Waals surface area contributed by atoms with Crippen LogP contribution in [0.3, 0.4) is 0 Å². The van der Waals surface area contributed by atoms with E-state index >= 15 is 0 Å². The van der Waals surface area contributed by atoms with E-state index in [9.17, 15) is 0 Å². The molecule has 1 atom stereocenters. The molecule has 0 aliphatic rings. The minimum atomic E-state index is 0.226. The van der Waals surface area contributed by atoms with Crippen LogP contribution in [0, 0.1) is 5.41 Å². The molecule has 1 rings (SSSR count). The highest BCUT2D eigenvalue weighted by molar-refractivity contribution is 6.30. The highest BCUT2D eigenvalue weighted by atomic mass is 35.5. The van der Waals surface area contributed by atoms with Crippen LogP contribution in [0.4, 0.5) is 0 Å². The second kappa shape index (κ2) is 5.00. The molecule has 0 saturated heterocycles. The SMILES string of the molecule is CC(C)(C)C(CCN)c1cccc(Cl)c1. The molecule has 1 unspecified atom stereocenters. The maximum absolute atomic E-state index is 6.01. The third kappa shape index (κ3) is 3.51. The Hall–Kier alpha value is -0.530. The van der Waals surface area contributed by atoms with Gasteiger partial charge in [-0.2, -0.15) is 0 Å². The van der Waals surface area contributed by atoms with Crippen LogP contribution in [0.5, 0.6) is 0 Å². The Labute approximate surface area is 97.6 Å². The van der Waals surface area contributed by atoms with Crippen LogP contribution < -0.4 is 5.73 Å². The van der Waals surface area contributed by atoms with Gasteiger partial charge in [-0.1, -0.05) is 44.5 Å². The fourth-order valence-electron chi connectivity index (χ4n) is 1.99. The molecule has 0 bridgehead atoms. The van der Waals surface area contributed by atoms with Crippen molar-refractivity contribution in [3.05, 3.63) is 34.9 Å². The first-order valence-electron chi connectivity index (χ1n) is 5.40. The summed E-state index contributed by atoms with van der Waals surface area (Å²) in [6, 6.07) is 8.10. The Kier molecular flexibility index (Phi) is 4.18. The van der Waals surface area contributed by atoms with Gasteiger partial charge in [0.15, 0.2) is 0 Å². The van der Waals surface area contributed by atoms with Crippen LogP contribution in [0.2, 0.25) is 5.02 Å². The van der Waals surface area contributed by atoms with E-state index in [0.29, 0.717) is 12.5 Å². The summed E-state index contributed by atoms with van der Waals surface area (Å²) in [6.45, 7) is 7.45. The van der Waals surface area contributed by atoms with E-state index in [2.05, 4.69) is 26.8 Å². The van der Waals surface area contributed by atoms with Crippen molar-refractivity contribution in [3.8, 4) is 0 Å². The molecule has 1 aromatic rings. The van der Waals surface area contributed by atoms with E-state index < -0.39 is 0 Å². The Morgan fingerprint density at radius 1 is 1.33 bits per heavy atom. The summed E-state index contributed by atoms with van der Waals surface area (Å²) in [5.74, 6) is 0.473. The molecule has 2 N–H and O–H groups in total. The normalized spacial score (nSPS) is 13.9. The molecule has 15 heavy (non-hydrogen) atoms. The van der Waals surface area contributed by atoms with E-state index in [1.54, 1.807) is 0 Å². The molecular formula is C13H20ClN. The minimum absolute atomic E-state index is 0.226. The second-order valence-corrected chi connectivity index (χ2v) is 5.49. The lowest BCUT2D eigenvalue weighted by Crippen LogP contribution is -2.21. The fraction of sp³-hybridized carbons (Fsp3) is 0.538. The standard InChI is InChI=1S/C13H20ClN/c1-13(2,3)12(7-8-15)10-5-4-6-11(14)9-10/h4-6,9,12H,7-8,15H2,1-3H3. The lowest BCUT2D eigenvalue weighted by atomic mass is 9.75. The van der Waals surface area contributed by atoms with Crippen molar-refractivity contribution in [2.75, 3.05) is 6.54 Å². The van der Waals surface area contributed by atoms with Crippen molar-refractivity contribution < 1.29 is 0 Å². The Morgan fingerprint density at radius 3 is 2.47 bits per heavy atom. The zero-order chi connectivity index (χ0) is 11.5. The molecule has 0 radical (unpaired) electrons. The first-order valence-corrected chi connectivity index (χ1v) is 5.78. The molecule has 0 aliphatic carbocycles. The lowest BCUT2D eigenvalue weighted by Gasteiger charge is -2.31. The van der Waals surface area contributed by atoms with Gasteiger partial charge >= 0.3 is 0 Å². The summed E-state index contributed by atoms with van der Waals surface area (Å²) >= 11 is 6.01. The van der Waals surface area contributed by atoms with Gasteiger partial charge in [0.2, 0.25) is 0 Å². The van der Waals surface area contributed by atoms with Crippen molar-refractivity contribution in [3.63, 3.8) is 0 Å². The van der Waals surface area contributed by atoms with Gasteiger partial charge in [0, 0.05) is 5.02 Å². The molecule has 0 aliphatic heterocycles. The number of hydrogen-bond donors (Lipinski definition) is 1. The smallest absolute Gasteiger partial charge is 0.0408 e. The van der Waals surface area contributed by atoms with Crippen LogP contribution in [-0.4, -0.2) is 6.54 Å². The summed E-state index contributed by atoms with van der Waals surface area (Å²) < 4.78 is 0. The van der Waals surface area contributed by atoms with Crippen LogP contribution in [0.1, 0.15) is 38.7 Å². The number of halogens is 1. The molecular weight excluding hydrogens is 206 g/mol. The maximum Gasteiger partial charge on any atom is 0.0408 e. The first-order chi connectivity index (χ1) is 6.95. The van der Waals surface area contributed by atoms with Gasteiger partial charge < -0.3 is 5.73 Å². The van der Waals surface area contributed by atoms with Gasteiger partial charge in [-0.25, -0.2) is 0 Å². The van der Waals surface area contributed by atoms with Crippen LogP contribution >= 0.6 is 11.6 Å². The maximum atomic E-state index is 6.01. The number of nitrogens with two attached hydrogens (primary N) is 1. The van der Waals surface area contributed by atoms with E-state index in [1.165, 1.54) is 5.56 Å². The van der Waals surface area contributed by atoms with Crippen LogP contribution in [0.15, 0.2) is 24.3 Å². The number of benzene rings is 1. The molecule has 0 spiro atoms. The van der Waals surface area contributed by atoms with Gasteiger partial charge in [-0.3, -0.25) is 0 Å². The van der Waals surface area contributed by atoms with Crippen molar-refractivity contribution in [1.82, 2.24) is 0 Å². The van der Waals surface area contributed by atoms with Crippen LogP contribution in [-0.2, 0) is 0 Å². The lowest BCUT2D eigenvalue weighted by molar-refractivity contribution is 0.308. The molecule has 84 valence electrons. The predicted molar refractivity (Wildman–Crippen MR) is 67.3 cm³/mol. The molecule has 0 saturated carbocycles. The van der Waals surface area contributed by atoms with E-state index in [-0.39, 0.29) is 5.41 Å². The van der Waals surface area contributed by atoms with Gasteiger partial charge in [0.1, 0.15) is 0 Å². The predicted octanol–water partition coefficient (Wildman–Crippen LogP) is 3.82. The number of rotatable bonds is 3. The van der Waals surface area contributed by atoms with Gasteiger partial charge in [-0.05, 0) is 42.0 Å². The Morgan fingerprint density at radius 2 is 2.00 bits per heavy atom. The van der Waals surface area contributed by atoms with E-state index in [0.717, 1.165) is 11.4 Å². The minimum Gasteiger partial charge on any atom is -0.330 e. The van der Waals surface area contributed by atoms with E-state index in [4.69, 9.17) is 17.3 Å². The van der Waals surface area contributed by atoms with Gasteiger partial charge in [-0.15, -0.1) is 0 Å². The molecule has 0 heterocycles. The molecule has 1 aromatic carbocycles. The van der Waals surface area contributed by atoms with Crippen molar-refractivity contribution in [1.29, 1.82) is 0 Å². The summed E-state index contributed by atoms with van der Waals surface area (Å²) in [5, 5.41) is 0.804. The molecule has 1 nitrogen and oxygen atoms in total. The van der Waals surface area contributed by atoms with Crippen molar-refractivity contribution in [2.24, 2.45) is 11.1 Å². The first kappa shape index (κ1) is 12.5. The molecule has 0 amide bonds. The van der Waals surface area contributed by atoms with Crippen molar-refractivity contribution in [2.45, 2.75) is 33.1 Å². The van der Waals surface area contributed by atoms with Crippen LogP contribution in [0.25, 0.3) is 0 Å². The summed E-state index contributed by atoms with van der Waals surface area (Å²) in [6.07, 6.45) is 1.00. The van der Waals surface area contributed by atoms with Gasteiger partial charge in [0.25, 0.3) is 0 Å².